The minimum absolute atomic E-state index is 0.0226. The number of fused-ring (bicyclic) bond motifs is 1. The molecule has 0 bridgehead atoms. The summed E-state index contributed by atoms with van der Waals surface area (Å²) in [5.41, 5.74) is 3.57. The van der Waals surface area contributed by atoms with E-state index in [9.17, 15) is 0 Å². The molecule has 0 saturated heterocycles. The van der Waals surface area contributed by atoms with Gasteiger partial charge in [-0.2, -0.15) is 5.10 Å². The van der Waals surface area contributed by atoms with E-state index in [0.717, 1.165) is 38.4 Å². The highest BCUT2D eigenvalue weighted by Crippen LogP contribution is 2.25. The number of pyridine rings is 1. The molecule has 3 rings (SSSR count). The van der Waals surface area contributed by atoms with Crippen LogP contribution >= 0.6 is 0 Å². The van der Waals surface area contributed by atoms with E-state index < -0.39 is 0 Å². The molecule has 1 atom stereocenters. The molecular weight excluding hydrogens is 280 g/mol. The van der Waals surface area contributed by atoms with Crippen molar-refractivity contribution in [3.63, 3.8) is 0 Å². The number of ether oxygens (including phenoxy) is 2. The normalized spacial score (nSPS) is 17.4. The van der Waals surface area contributed by atoms with E-state index in [2.05, 4.69) is 21.6 Å². The van der Waals surface area contributed by atoms with Crippen molar-refractivity contribution >= 4 is 0 Å². The molecule has 2 aromatic heterocycles. The first-order valence-electron chi connectivity index (χ1n) is 7.63. The van der Waals surface area contributed by atoms with Crippen molar-refractivity contribution in [2.24, 2.45) is 0 Å². The lowest BCUT2D eigenvalue weighted by molar-refractivity contribution is 0.0392. The Labute approximate surface area is 130 Å². The zero-order valence-electron chi connectivity index (χ0n) is 12.9. The highest BCUT2D eigenvalue weighted by atomic mass is 16.5. The summed E-state index contributed by atoms with van der Waals surface area (Å²) >= 11 is 0. The fourth-order valence-electron chi connectivity index (χ4n) is 2.63. The predicted octanol–water partition coefficient (Wildman–Crippen LogP) is 1.33. The molecule has 22 heavy (non-hydrogen) atoms. The van der Waals surface area contributed by atoms with E-state index in [1.165, 1.54) is 11.1 Å². The van der Waals surface area contributed by atoms with Crippen LogP contribution in [0.3, 0.4) is 0 Å². The maximum atomic E-state index is 5.88. The number of hydrogen-bond donors (Lipinski definition) is 1. The van der Waals surface area contributed by atoms with Gasteiger partial charge in [0, 0.05) is 38.8 Å². The van der Waals surface area contributed by atoms with Gasteiger partial charge in [-0.05, 0) is 29.7 Å². The van der Waals surface area contributed by atoms with Crippen LogP contribution in [0.25, 0.3) is 0 Å². The van der Waals surface area contributed by atoms with Gasteiger partial charge < -0.3 is 14.8 Å². The molecule has 0 amide bonds. The Morgan fingerprint density at radius 3 is 3.09 bits per heavy atom. The number of methoxy groups -OCH3 is 1. The minimum atomic E-state index is 0.0226. The Morgan fingerprint density at radius 2 is 2.27 bits per heavy atom. The smallest absolute Gasteiger partial charge is 0.114 e. The van der Waals surface area contributed by atoms with Gasteiger partial charge in [0.2, 0.25) is 0 Å². The molecule has 0 aliphatic carbocycles. The van der Waals surface area contributed by atoms with E-state index in [1.54, 1.807) is 7.11 Å². The van der Waals surface area contributed by atoms with Crippen LogP contribution in [0, 0.1) is 0 Å². The average molecular weight is 302 g/mol. The van der Waals surface area contributed by atoms with Crippen molar-refractivity contribution in [3.05, 3.63) is 47.5 Å². The van der Waals surface area contributed by atoms with Gasteiger partial charge in [-0.3, -0.25) is 9.67 Å². The molecule has 3 heterocycles. The predicted molar refractivity (Wildman–Crippen MR) is 82.4 cm³/mol. The third-order valence-electron chi connectivity index (χ3n) is 3.80. The first-order chi connectivity index (χ1) is 10.9. The van der Waals surface area contributed by atoms with Crippen molar-refractivity contribution in [2.75, 3.05) is 26.9 Å². The molecule has 6 heteroatoms. The number of hydrogen-bond acceptors (Lipinski definition) is 5. The second-order valence-corrected chi connectivity index (χ2v) is 5.39. The van der Waals surface area contributed by atoms with Crippen LogP contribution in [0.4, 0.5) is 0 Å². The molecule has 2 aromatic rings. The van der Waals surface area contributed by atoms with Gasteiger partial charge in [-0.15, -0.1) is 0 Å². The third kappa shape index (κ3) is 3.71. The van der Waals surface area contributed by atoms with Crippen LogP contribution in [0.5, 0.6) is 0 Å². The van der Waals surface area contributed by atoms with Crippen molar-refractivity contribution in [1.82, 2.24) is 20.1 Å². The van der Waals surface area contributed by atoms with Crippen LogP contribution in [0.15, 0.2) is 30.7 Å². The lowest BCUT2D eigenvalue weighted by Crippen LogP contribution is -2.27. The van der Waals surface area contributed by atoms with Crippen LogP contribution < -0.4 is 5.32 Å². The lowest BCUT2D eigenvalue weighted by atomic mass is 10.1. The second-order valence-electron chi connectivity index (χ2n) is 5.39. The summed E-state index contributed by atoms with van der Waals surface area (Å²) in [6.07, 6.45) is 6.69. The van der Waals surface area contributed by atoms with Gasteiger partial charge >= 0.3 is 0 Å². The Hall–Kier alpha value is -1.76. The molecule has 1 aliphatic heterocycles. The SMILES string of the molecule is COCCn1cc2c(n1)C(CNCc1ccncc1)OCC2. The summed E-state index contributed by atoms with van der Waals surface area (Å²) in [4.78, 5) is 4.02. The van der Waals surface area contributed by atoms with Gasteiger partial charge in [0.1, 0.15) is 6.10 Å². The minimum Gasteiger partial charge on any atom is -0.383 e. The number of nitrogens with one attached hydrogen (secondary N) is 1. The van der Waals surface area contributed by atoms with Gasteiger partial charge in [0.15, 0.2) is 0 Å². The van der Waals surface area contributed by atoms with Crippen molar-refractivity contribution < 1.29 is 9.47 Å². The molecular formula is C16H22N4O2. The first-order valence-corrected chi connectivity index (χ1v) is 7.63. The molecule has 0 spiro atoms. The fourth-order valence-corrected chi connectivity index (χ4v) is 2.63. The molecule has 118 valence electrons. The van der Waals surface area contributed by atoms with Gasteiger partial charge in [0.25, 0.3) is 0 Å². The largest absolute Gasteiger partial charge is 0.383 e. The Morgan fingerprint density at radius 1 is 1.41 bits per heavy atom. The molecule has 1 aliphatic rings. The molecule has 0 saturated carbocycles. The van der Waals surface area contributed by atoms with E-state index in [-0.39, 0.29) is 6.10 Å². The maximum absolute atomic E-state index is 5.88. The summed E-state index contributed by atoms with van der Waals surface area (Å²) in [5.74, 6) is 0. The Kier molecular flexibility index (Phi) is 5.15. The number of nitrogens with zero attached hydrogens (tertiary/aromatic N) is 3. The van der Waals surface area contributed by atoms with E-state index in [1.807, 2.05) is 29.2 Å². The summed E-state index contributed by atoms with van der Waals surface area (Å²) in [6, 6.07) is 4.03. The third-order valence-corrected chi connectivity index (χ3v) is 3.80. The maximum Gasteiger partial charge on any atom is 0.114 e. The Balaban J connectivity index is 1.58. The van der Waals surface area contributed by atoms with Gasteiger partial charge in [-0.1, -0.05) is 0 Å². The highest BCUT2D eigenvalue weighted by molar-refractivity contribution is 5.22. The van der Waals surface area contributed by atoms with E-state index in [4.69, 9.17) is 9.47 Å². The summed E-state index contributed by atoms with van der Waals surface area (Å²) in [7, 11) is 1.71. The van der Waals surface area contributed by atoms with Gasteiger partial charge in [0.05, 0.1) is 25.5 Å². The van der Waals surface area contributed by atoms with Gasteiger partial charge in [-0.25, -0.2) is 0 Å². The molecule has 1 N–H and O–H groups in total. The quantitative estimate of drug-likeness (QED) is 0.836. The van der Waals surface area contributed by atoms with Crippen LogP contribution in [0.1, 0.15) is 22.9 Å². The van der Waals surface area contributed by atoms with E-state index in [0.29, 0.717) is 6.61 Å². The summed E-state index contributed by atoms with van der Waals surface area (Å²) < 4.78 is 12.9. The van der Waals surface area contributed by atoms with Crippen molar-refractivity contribution in [2.45, 2.75) is 25.6 Å². The van der Waals surface area contributed by atoms with Crippen LogP contribution in [-0.4, -0.2) is 41.6 Å². The first kappa shape index (κ1) is 15.1. The topological polar surface area (TPSA) is 61.2 Å². The molecule has 1 unspecified atom stereocenters. The molecule has 0 radical (unpaired) electrons. The summed E-state index contributed by atoms with van der Waals surface area (Å²) in [5, 5.41) is 8.10. The zero-order valence-corrected chi connectivity index (χ0v) is 12.9. The Bertz CT molecular complexity index is 585. The number of aromatic nitrogens is 3. The van der Waals surface area contributed by atoms with Crippen LogP contribution in [-0.2, 0) is 29.0 Å². The molecule has 6 nitrogen and oxygen atoms in total. The molecule has 0 fully saturated rings. The molecule has 0 aromatic carbocycles. The number of rotatable bonds is 7. The van der Waals surface area contributed by atoms with E-state index >= 15 is 0 Å². The standard InChI is InChI=1S/C16H22N4O2/c1-21-9-7-20-12-14-4-8-22-15(16(14)19-20)11-18-10-13-2-5-17-6-3-13/h2-3,5-6,12,15,18H,4,7-11H2,1H3. The van der Waals surface area contributed by atoms with Crippen molar-refractivity contribution in [1.29, 1.82) is 0 Å². The second kappa shape index (κ2) is 7.49. The van der Waals surface area contributed by atoms with Crippen molar-refractivity contribution in [3.8, 4) is 0 Å². The highest BCUT2D eigenvalue weighted by Gasteiger charge is 2.24. The fraction of sp³-hybridized carbons (Fsp3) is 0.500. The lowest BCUT2D eigenvalue weighted by Gasteiger charge is -2.22. The zero-order chi connectivity index (χ0) is 15.2. The monoisotopic (exact) mass is 302 g/mol. The summed E-state index contributed by atoms with van der Waals surface area (Å²) in [6.45, 7) is 3.77. The van der Waals surface area contributed by atoms with Crippen LogP contribution in [0.2, 0.25) is 0 Å². The average Bonchev–Trinajstić information content (AvgIpc) is 2.98.